The molecule has 4 rings (SSSR count). The number of hydrogen-bond acceptors (Lipinski definition) is 5. The van der Waals surface area contributed by atoms with Crippen LogP contribution in [0.3, 0.4) is 0 Å². The third-order valence-corrected chi connectivity index (χ3v) is 4.29. The number of benzene rings is 2. The molecule has 0 bridgehead atoms. The summed E-state index contributed by atoms with van der Waals surface area (Å²) in [6.45, 7) is 4.00. The summed E-state index contributed by atoms with van der Waals surface area (Å²) in [6.07, 6.45) is 0.587. The maximum atomic E-state index is 9.18. The van der Waals surface area contributed by atoms with Gasteiger partial charge in [-0.2, -0.15) is 5.26 Å². The second-order valence-electron chi connectivity index (χ2n) is 6.57. The predicted molar refractivity (Wildman–Crippen MR) is 95.7 cm³/mol. The number of ether oxygens (including phenoxy) is 1. The molecule has 0 radical (unpaired) electrons. The van der Waals surface area contributed by atoms with E-state index in [2.05, 4.69) is 11.2 Å². The van der Waals surface area contributed by atoms with Crippen molar-refractivity contribution in [3.8, 4) is 11.8 Å². The van der Waals surface area contributed by atoms with Crippen LogP contribution >= 0.6 is 11.6 Å². The van der Waals surface area contributed by atoms with Crippen molar-refractivity contribution in [1.29, 1.82) is 5.26 Å². The zero-order chi connectivity index (χ0) is 17.6. The number of halogens is 1. The summed E-state index contributed by atoms with van der Waals surface area (Å²) in [4.78, 5) is 4.72. The summed E-state index contributed by atoms with van der Waals surface area (Å²) in [5.41, 5.74) is 2.39. The Labute approximate surface area is 149 Å². The van der Waals surface area contributed by atoms with E-state index >= 15 is 0 Å². The third kappa shape index (κ3) is 2.86. The Morgan fingerprint density at radius 3 is 2.88 bits per heavy atom. The highest BCUT2D eigenvalue weighted by Gasteiger charge is 2.31. The number of rotatable bonds is 1. The van der Waals surface area contributed by atoms with E-state index in [-0.39, 0.29) is 0 Å². The molecule has 0 spiro atoms. The van der Waals surface area contributed by atoms with Gasteiger partial charge in [0.2, 0.25) is 5.82 Å². The van der Waals surface area contributed by atoms with E-state index in [4.69, 9.17) is 25.9 Å². The summed E-state index contributed by atoms with van der Waals surface area (Å²) in [7, 11) is 0. The molecule has 1 aromatic heterocycles. The molecule has 25 heavy (non-hydrogen) atoms. The molecule has 0 fully saturated rings. The molecular weight excluding hydrogens is 338 g/mol. The molecule has 2 aromatic carbocycles. The Hall–Kier alpha value is -2.84. The number of fused-ring (bicyclic) bond motifs is 2. The second kappa shape index (κ2) is 5.61. The Bertz CT molecular complexity index is 1060. The van der Waals surface area contributed by atoms with Crippen LogP contribution in [0.4, 0.5) is 5.82 Å². The van der Waals surface area contributed by atoms with Gasteiger partial charge in [-0.1, -0.05) is 16.8 Å². The van der Waals surface area contributed by atoms with E-state index in [0.717, 1.165) is 16.7 Å². The summed E-state index contributed by atoms with van der Waals surface area (Å²) >= 11 is 6.08. The van der Waals surface area contributed by atoms with Gasteiger partial charge in [0.05, 0.1) is 22.7 Å². The van der Waals surface area contributed by atoms with Crippen molar-refractivity contribution >= 4 is 34.1 Å². The monoisotopic (exact) mass is 351 g/mol. The average molecular weight is 352 g/mol. The molecule has 0 aliphatic carbocycles. The largest absolute Gasteiger partial charge is 0.487 e. The van der Waals surface area contributed by atoms with Gasteiger partial charge in [-0.15, -0.1) is 0 Å². The van der Waals surface area contributed by atoms with Crippen molar-refractivity contribution in [3.05, 3.63) is 52.5 Å². The van der Waals surface area contributed by atoms with Crippen molar-refractivity contribution in [2.45, 2.75) is 25.9 Å². The molecule has 6 heteroatoms. The Balaban J connectivity index is 1.90. The van der Waals surface area contributed by atoms with Crippen LogP contribution in [0.2, 0.25) is 5.02 Å². The van der Waals surface area contributed by atoms with Crippen LogP contribution in [0.15, 0.2) is 45.9 Å². The summed E-state index contributed by atoms with van der Waals surface area (Å²) in [5, 5.41) is 14.6. The molecule has 0 saturated carbocycles. The van der Waals surface area contributed by atoms with Crippen LogP contribution < -0.4 is 4.74 Å². The Morgan fingerprint density at radius 1 is 1.24 bits per heavy atom. The van der Waals surface area contributed by atoms with Gasteiger partial charge >= 0.3 is 0 Å². The molecule has 1 aliphatic rings. The maximum Gasteiger partial charge on any atom is 0.203 e. The second-order valence-corrected chi connectivity index (χ2v) is 7.00. The molecule has 0 amide bonds. The normalized spacial score (nSPS) is 17.1. The van der Waals surface area contributed by atoms with Gasteiger partial charge in [0.15, 0.2) is 5.58 Å². The minimum absolute atomic E-state index is 0.406. The van der Waals surface area contributed by atoms with Crippen LogP contribution in [-0.4, -0.2) is 16.5 Å². The molecule has 2 heterocycles. The molecule has 0 atom stereocenters. The Morgan fingerprint density at radius 2 is 2.08 bits per heavy atom. The SMILES string of the molecule is CC1(C)CC(=Nc2noc3ccc(Cl)cc23)c2cc(C#N)ccc2O1. The van der Waals surface area contributed by atoms with Gasteiger partial charge in [0, 0.05) is 17.0 Å². The van der Waals surface area contributed by atoms with Gasteiger partial charge in [-0.05, 0) is 50.2 Å². The highest BCUT2D eigenvalue weighted by atomic mass is 35.5. The number of nitriles is 1. The van der Waals surface area contributed by atoms with Crippen LogP contribution in [-0.2, 0) is 0 Å². The first kappa shape index (κ1) is 15.7. The molecule has 124 valence electrons. The van der Waals surface area contributed by atoms with Crippen molar-refractivity contribution < 1.29 is 9.26 Å². The quantitative estimate of drug-likeness (QED) is 0.616. The fourth-order valence-electron chi connectivity index (χ4n) is 2.95. The number of hydrogen-bond donors (Lipinski definition) is 0. The summed E-state index contributed by atoms with van der Waals surface area (Å²) < 4.78 is 11.4. The maximum absolute atomic E-state index is 9.18. The van der Waals surface area contributed by atoms with E-state index in [0.29, 0.717) is 34.2 Å². The van der Waals surface area contributed by atoms with E-state index in [1.54, 1.807) is 30.3 Å². The molecule has 5 nitrogen and oxygen atoms in total. The van der Waals surface area contributed by atoms with Crippen LogP contribution in [0.5, 0.6) is 5.75 Å². The van der Waals surface area contributed by atoms with E-state index in [1.165, 1.54) is 0 Å². The first-order valence-electron chi connectivity index (χ1n) is 7.81. The zero-order valence-corrected chi connectivity index (χ0v) is 14.5. The first-order valence-corrected chi connectivity index (χ1v) is 8.19. The number of nitrogens with zero attached hydrogens (tertiary/aromatic N) is 3. The Kier molecular flexibility index (Phi) is 3.52. The zero-order valence-electron chi connectivity index (χ0n) is 13.7. The summed E-state index contributed by atoms with van der Waals surface area (Å²) in [5.74, 6) is 1.18. The van der Waals surface area contributed by atoms with E-state index in [9.17, 15) is 5.26 Å². The van der Waals surface area contributed by atoms with Gasteiger partial charge in [-0.25, -0.2) is 4.99 Å². The lowest BCUT2D eigenvalue weighted by molar-refractivity contribution is 0.111. The topological polar surface area (TPSA) is 71.4 Å². The lowest BCUT2D eigenvalue weighted by Gasteiger charge is -2.33. The molecular formula is C19H14ClN3O2. The van der Waals surface area contributed by atoms with Crippen molar-refractivity contribution in [3.63, 3.8) is 0 Å². The minimum Gasteiger partial charge on any atom is -0.487 e. The number of aliphatic imine (C=N–C) groups is 1. The summed E-state index contributed by atoms with van der Waals surface area (Å²) in [6, 6.07) is 12.8. The number of aromatic nitrogens is 1. The van der Waals surface area contributed by atoms with Crippen molar-refractivity contribution in [2.75, 3.05) is 0 Å². The van der Waals surface area contributed by atoms with E-state index in [1.807, 2.05) is 19.9 Å². The molecule has 3 aromatic rings. The van der Waals surface area contributed by atoms with E-state index < -0.39 is 5.60 Å². The van der Waals surface area contributed by atoms with Gasteiger partial charge in [0.25, 0.3) is 0 Å². The predicted octanol–water partition coefficient (Wildman–Crippen LogP) is 5.03. The van der Waals surface area contributed by atoms with Crippen LogP contribution in [0.1, 0.15) is 31.4 Å². The highest BCUT2D eigenvalue weighted by molar-refractivity contribution is 6.31. The fraction of sp³-hybridized carbons (Fsp3) is 0.211. The standard InChI is InChI=1S/C19H14ClN3O2/c1-19(2)9-15(13-7-11(10-21)3-5-16(13)24-19)22-18-14-8-12(20)4-6-17(14)25-23-18/h3-8H,9H2,1-2H3. The highest BCUT2D eigenvalue weighted by Crippen LogP contribution is 2.36. The van der Waals surface area contributed by atoms with Crippen molar-refractivity contribution in [1.82, 2.24) is 5.16 Å². The minimum atomic E-state index is -0.406. The average Bonchev–Trinajstić information content (AvgIpc) is 2.96. The van der Waals surface area contributed by atoms with Gasteiger partial charge in [0.1, 0.15) is 11.4 Å². The smallest absolute Gasteiger partial charge is 0.203 e. The molecule has 0 N–H and O–H groups in total. The van der Waals surface area contributed by atoms with Gasteiger partial charge in [-0.3, -0.25) is 0 Å². The van der Waals surface area contributed by atoms with Gasteiger partial charge < -0.3 is 9.26 Å². The third-order valence-electron chi connectivity index (χ3n) is 4.05. The van der Waals surface area contributed by atoms with Crippen molar-refractivity contribution in [2.24, 2.45) is 4.99 Å². The lowest BCUT2D eigenvalue weighted by Crippen LogP contribution is -2.36. The molecule has 0 saturated heterocycles. The fourth-order valence-corrected chi connectivity index (χ4v) is 3.12. The molecule has 0 unspecified atom stereocenters. The molecule has 1 aliphatic heterocycles. The van der Waals surface area contributed by atoms with Crippen LogP contribution in [0.25, 0.3) is 11.0 Å². The lowest BCUT2D eigenvalue weighted by atomic mass is 9.91. The van der Waals surface area contributed by atoms with Crippen LogP contribution in [0, 0.1) is 11.3 Å². The first-order chi connectivity index (χ1) is 11.9.